The molecule has 1 N–H and O–H groups in total. The number of carbonyl (C=O) groups is 1. The maximum absolute atomic E-state index is 11.8. The van der Waals surface area contributed by atoms with Crippen molar-refractivity contribution in [3.63, 3.8) is 0 Å². The number of ether oxygens (including phenoxy) is 1. The van der Waals surface area contributed by atoms with Crippen LogP contribution in [0.2, 0.25) is 0 Å². The normalized spacial score (nSPS) is 10.9. The van der Waals surface area contributed by atoms with Crippen molar-refractivity contribution in [3.8, 4) is 0 Å². The molecule has 0 unspecified atom stereocenters. The van der Waals surface area contributed by atoms with Gasteiger partial charge in [-0.3, -0.25) is 4.79 Å². The van der Waals surface area contributed by atoms with E-state index in [9.17, 15) is 4.79 Å². The molecule has 0 spiro atoms. The Balaban J connectivity index is 2.00. The van der Waals surface area contributed by atoms with Crippen LogP contribution in [0.25, 0.3) is 0 Å². The molecule has 1 heterocycles. The van der Waals surface area contributed by atoms with Gasteiger partial charge in [0, 0.05) is 13.0 Å². The zero-order valence-corrected chi connectivity index (χ0v) is 15.4. The maximum Gasteiger partial charge on any atom is 0.220 e. The van der Waals surface area contributed by atoms with Crippen molar-refractivity contribution < 1.29 is 9.53 Å². The summed E-state index contributed by atoms with van der Waals surface area (Å²) in [4.78, 5) is 11.8. The highest BCUT2D eigenvalue weighted by Crippen LogP contribution is 2.11. The zero-order valence-electron chi connectivity index (χ0n) is 14.6. The lowest BCUT2D eigenvalue weighted by atomic mass is 10.1. The van der Waals surface area contributed by atoms with Crippen LogP contribution in [0.15, 0.2) is 0 Å². The van der Waals surface area contributed by atoms with Crippen LogP contribution in [0, 0.1) is 0 Å². The molecular weight excluding hydrogens is 310 g/mol. The number of rotatable bonds is 14. The molecule has 0 aliphatic carbocycles. The maximum atomic E-state index is 11.8. The molecule has 0 saturated carbocycles. The Bertz CT molecular complexity index is 424. The van der Waals surface area contributed by atoms with Crippen LogP contribution in [-0.2, 0) is 22.7 Å². The third-order valence-electron chi connectivity index (χ3n) is 3.63. The molecular formula is C17H31N3O2S. The third kappa shape index (κ3) is 10.4. The van der Waals surface area contributed by atoms with Gasteiger partial charge in [-0.15, -0.1) is 10.2 Å². The van der Waals surface area contributed by atoms with Crippen LogP contribution in [0.1, 0.15) is 81.7 Å². The van der Waals surface area contributed by atoms with Gasteiger partial charge in [-0.05, 0) is 13.3 Å². The van der Waals surface area contributed by atoms with E-state index in [1.807, 2.05) is 6.92 Å². The lowest BCUT2D eigenvalue weighted by molar-refractivity contribution is -0.121. The fraction of sp³-hybridized carbons (Fsp3) is 0.824. The van der Waals surface area contributed by atoms with Gasteiger partial charge >= 0.3 is 0 Å². The van der Waals surface area contributed by atoms with E-state index >= 15 is 0 Å². The minimum atomic E-state index is 0.109. The first kappa shape index (κ1) is 20.0. The van der Waals surface area contributed by atoms with Crippen molar-refractivity contribution in [1.29, 1.82) is 0 Å². The SMILES string of the molecule is CCCCCCCCCCC(=O)NCc1nnc(COCC)s1. The van der Waals surface area contributed by atoms with E-state index in [0.29, 0.717) is 26.2 Å². The van der Waals surface area contributed by atoms with E-state index in [0.717, 1.165) is 22.9 Å². The van der Waals surface area contributed by atoms with Gasteiger partial charge in [0.05, 0.1) is 6.54 Å². The molecule has 132 valence electrons. The number of unbranched alkanes of at least 4 members (excludes halogenated alkanes) is 7. The van der Waals surface area contributed by atoms with Gasteiger partial charge in [0.1, 0.15) is 16.6 Å². The molecule has 0 fully saturated rings. The monoisotopic (exact) mass is 341 g/mol. The molecule has 1 rings (SSSR count). The van der Waals surface area contributed by atoms with Crippen LogP contribution < -0.4 is 5.32 Å². The summed E-state index contributed by atoms with van der Waals surface area (Å²) in [6.45, 7) is 5.83. The number of aromatic nitrogens is 2. The quantitative estimate of drug-likeness (QED) is 0.515. The van der Waals surface area contributed by atoms with Crippen molar-refractivity contribution in [2.45, 2.75) is 84.8 Å². The number of amides is 1. The first-order valence-electron chi connectivity index (χ1n) is 8.92. The highest BCUT2D eigenvalue weighted by atomic mass is 32.1. The molecule has 5 nitrogen and oxygen atoms in total. The number of nitrogens with zero attached hydrogens (tertiary/aromatic N) is 2. The second-order valence-corrected chi connectivity index (χ2v) is 6.87. The van der Waals surface area contributed by atoms with Crippen molar-refractivity contribution in [2.75, 3.05) is 6.61 Å². The zero-order chi connectivity index (χ0) is 16.8. The summed E-state index contributed by atoms with van der Waals surface area (Å²) in [5.41, 5.74) is 0. The summed E-state index contributed by atoms with van der Waals surface area (Å²) in [6, 6.07) is 0. The minimum Gasteiger partial charge on any atom is -0.374 e. The Morgan fingerprint density at radius 1 is 1.00 bits per heavy atom. The number of carbonyl (C=O) groups excluding carboxylic acids is 1. The Hall–Kier alpha value is -1.01. The number of hydrogen-bond donors (Lipinski definition) is 1. The predicted octanol–water partition coefficient (Wildman–Crippen LogP) is 4.22. The fourth-order valence-electron chi connectivity index (χ4n) is 2.29. The standard InChI is InChI=1S/C17H31N3O2S/c1-3-5-6-7-8-9-10-11-12-15(21)18-13-16-19-20-17(23-16)14-22-4-2/h3-14H2,1-2H3,(H,18,21). The summed E-state index contributed by atoms with van der Waals surface area (Å²) in [7, 11) is 0. The minimum absolute atomic E-state index is 0.109. The number of nitrogens with one attached hydrogen (secondary N) is 1. The lowest BCUT2D eigenvalue weighted by Crippen LogP contribution is -2.22. The first-order valence-corrected chi connectivity index (χ1v) is 9.73. The van der Waals surface area contributed by atoms with Gasteiger partial charge in [-0.25, -0.2) is 0 Å². The second kappa shape index (κ2) is 13.4. The summed E-state index contributed by atoms with van der Waals surface area (Å²) in [6.07, 6.45) is 10.6. The number of hydrogen-bond acceptors (Lipinski definition) is 5. The van der Waals surface area contributed by atoms with E-state index in [-0.39, 0.29) is 5.91 Å². The summed E-state index contributed by atoms with van der Waals surface area (Å²) >= 11 is 1.49. The summed E-state index contributed by atoms with van der Waals surface area (Å²) in [5.74, 6) is 0.109. The van der Waals surface area contributed by atoms with Crippen molar-refractivity contribution >= 4 is 17.2 Å². The summed E-state index contributed by atoms with van der Waals surface area (Å²) in [5, 5.41) is 12.7. The molecule has 1 aromatic rings. The molecule has 0 aliphatic rings. The van der Waals surface area contributed by atoms with Crippen LogP contribution in [0.5, 0.6) is 0 Å². The van der Waals surface area contributed by atoms with Crippen molar-refractivity contribution in [1.82, 2.24) is 15.5 Å². The highest BCUT2D eigenvalue weighted by molar-refractivity contribution is 7.11. The van der Waals surface area contributed by atoms with Gasteiger partial charge in [-0.1, -0.05) is 63.2 Å². The average molecular weight is 342 g/mol. The first-order chi connectivity index (χ1) is 11.3. The van der Waals surface area contributed by atoms with Crippen LogP contribution in [0.4, 0.5) is 0 Å². The van der Waals surface area contributed by atoms with Gasteiger partial charge < -0.3 is 10.1 Å². The van der Waals surface area contributed by atoms with E-state index in [2.05, 4.69) is 22.4 Å². The molecule has 1 aromatic heterocycles. The van der Waals surface area contributed by atoms with Crippen molar-refractivity contribution in [3.05, 3.63) is 10.0 Å². The Labute approximate surface area is 144 Å². The van der Waals surface area contributed by atoms with E-state index in [4.69, 9.17) is 4.74 Å². The molecule has 0 saturated heterocycles. The Morgan fingerprint density at radius 2 is 1.65 bits per heavy atom. The van der Waals surface area contributed by atoms with Crippen molar-refractivity contribution in [2.24, 2.45) is 0 Å². The smallest absolute Gasteiger partial charge is 0.220 e. The molecule has 0 radical (unpaired) electrons. The molecule has 1 amide bonds. The van der Waals surface area contributed by atoms with Crippen LogP contribution in [-0.4, -0.2) is 22.7 Å². The fourth-order valence-corrected chi connectivity index (χ4v) is 3.01. The van der Waals surface area contributed by atoms with E-state index < -0.39 is 0 Å². The molecule has 0 bridgehead atoms. The topological polar surface area (TPSA) is 64.1 Å². The van der Waals surface area contributed by atoms with Gasteiger partial charge in [0.15, 0.2) is 0 Å². The van der Waals surface area contributed by atoms with Gasteiger partial charge in [0.2, 0.25) is 5.91 Å². The molecule has 23 heavy (non-hydrogen) atoms. The largest absolute Gasteiger partial charge is 0.374 e. The lowest BCUT2D eigenvalue weighted by Gasteiger charge is -2.03. The Morgan fingerprint density at radius 3 is 2.35 bits per heavy atom. The van der Waals surface area contributed by atoms with E-state index in [1.54, 1.807) is 0 Å². The van der Waals surface area contributed by atoms with Crippen LogP contribution in [0.3, 0.4) is 0 Å². The predicted molar refractivity (Wildman–Crippen MR) is 94.3 cm³/mol. The van der Waals surface area contributed by atoms with Crippen LogP contribution >= 0.6 is 11.3 Å². The highest BCUT2D eigenvalue weighted by Gasteiger charge is 2.06. The molecule has 0 atom stereocenters. The van der Waals surface area contributed by atoms with E-state index in [1.165, 1.54) is 49.9 Å². The summed E-state index contributed by atoms with van der Waals surface area (Å²) < 4.78 is 5.29. The average Bonchev–Trinajstić information content (AvgIpc) is 3.01. The molecule has 0 aliphatic heterocycles. The van der Waals surface area contributed by atoms with Gasteiger partial charge in [-0.2, -0.15) is 0 Å². The second-order valence-electron chi connectivity index (χ2n) is 5.73. The van der Waals surface area contributed by atoms with Gasteiger partial charge in [0.25, 0.3) is 0 Å². The Kier molecular flexibility index (Phi) is 11.7. The molecule has 0 aromatic carbocycles. The molecule has 6 heteroatoms. The third-order valence-corrected chi connectivity index (χ3v) is 4.53.